The predicted molar refractivity (Wildman–Crippen MR) is 89.3 cm³/mol. The van der Waals surface area contributed by atoms with Crippen LogP contribution in [-0.4, -0.2) is 28.8 Å². The quantitative estimate of drug-likeness (QED) is 0.374. The number of hydrogen-bond donors (Lipinski definition) is 2. The van der Waals surface area contributed by atoms with Crippen LogP contribution in [0.3, 0.4) is 0 Å². The summed E-state index contributed by atoms with van der Waals surface area (Å²) in [5.41, 5.74) is 5.87. The first-order valence-electron chi connectivity index (χ1n) is 8.23. The highest BCUT2D eigenvalue weighted by molar-refractivity contribution is 5.77. The van der Waals surface area contributed by atoms with Crippen LogP contribution >= 0.6 is 0 Å². The average Bonchev–Trinajstić information content (AvgIpc) is 2.97. The van der Waals surface area contributed by atoms with Crippen LogP contribution < -0.4 is 11.1 Å². The molecule has 1 heterocycles. The third kappa shape index (κ3) is 9.10. The van der Waals surface area contributed by atoms with Crippen molar-refractivity contribution in [2.24, 2.45) is 16.6 Å². The normalized spacial score (nSPS) is 13.3. The molecule has 0 saturated heterocycles. The van der Waals surface area contributed by atoms with Gasteiger partial charge in [0.25, 0.3) is 0 Å². The SMILES string of the molecule is CCCCCCCCNC(N)=NCC(C)Cn1cccn1. The van der Waals surface area contributed by atoms with Gasteiger partial charge in [-0.1, -0.05) is 46.0 Å². The van der Waals surface area contributed by atoms with Gasteiger partial charge in [0.1, 0.15) is 0 Å². The smallest absolute Gasteiger partial charge is 0.188 e. The topological polar surface area (TPSA) is 68.2 Å². The lowest BCUT2D eigenvalue weighted by Crippen LogP contribution is -2.33. The van der Waals surface area contributed by atoms with Gasteiger partial charge in [-0.25, -0.2) is 0 Å². The summed E-state index contributed by atoms with van der Waals surface area (Å²) in [6, 6.07) is 1.94. The summed E-state index contributed by atoms with van der Waals surface area (Å²) in [6.07, 6.45) is 11.5. The van der Waals surface area contributed by atoms with Crippen molar-refractivity contribution in [2.75, 3.05) is 13.1 Å². The number of aliphatic imine (C=N–C) groups is 1. The van der Waals surface area contributed by atoms with Gasteiger partial charge in [-0.15, -0.1) is 0 Å². The summed E-state index contributed by atoms with van der Waals surface area (Å²) in [4.78, 5) is 4.39. The molecule has 0 fully saturated rings. The zero-order chi connectivity index (χ0) is 15.3. The van der Waals surface area contributed by atoms with E-state index in [9.17, 15) is 0 Å². The first-order valence-corrected chi connectivity index (χ1v) is 8.23. The lowest BCUT2D eigenvalue weighted by atomic mass is 10.1. The van der Waals surface area contributed by atoms with Gasteiger partial charge in [0.2, 0.25) is 0 Å². The van der Waals surface area contributed by atoms with E-state index in [-0.39, 0.29) is 0 Å². The molecule has 3 N–H and O–H groups in total. The monoisotopic (exact) mass is 293 g/mol. The van der Waals surface area contributed by atoms with Gasteiger partial charge in [-0.2, -0.15) is 5.10 Å². The van der Waals surface area contributed by atoms with Crippen molar-refractivity contribution in [3.8, 4) is 0 Å². The third-order valence-corrected chi connectivity index (χ3v) is 3.47. The van der Waals surface area contributed by atoms with Crippen molar-refractivity contribution < 1.29 is 0 Å². The van der Waals surface area contributed by atoms with Crippen molar-refractivity contribution in [3.63, 3.8) is 0 Å². The van der Waals surface area contributed by atoms with Crippen LogP contribution in [0.4, 0.5) is 0 Å². The van der Waals surface area contributed by atoms with E-state index < -0.39 is 0 Å². The van der Waals surface area contributed by atoms with E-state index >= 15 is 0 Å². The van der Waals surface area contributed by atoms with E-state index in [1.807, 2.05) is 16.9 Å². The highest BCUT2D eigenvalue weighted by Crippen LogP contribution is 2.04. The van der Waals surface area contributed by atoms with E-state index in [0.717, 1.165) is 19.6 Å². The van der Waals surface area contributed by atoms with Crippen LogP contribution in [0.2, 0.25) is 0 Å². The maximum absolute atomic E-state index is 5.87. The van der Waals surface area contributed by atoms with Gasteiger partial charge < -0.3 is 11.1 Å². The molecule has 5 heteroatoms. The molecule has 1 unspecified atom stereocenters. The minimum Gasteiger partial charge on any atom is -0.370 e. The minimum absolute atomic E-state index is 0.430. The number of rotatable bonds is 11. The summed E-state index contributed by atoms with van der Waals surface area (Å²) in [6.45, 7) is 6.93. The van der Waals surface area contributed by atoms with Crippen molar-refractivity contribution in [3.05, 3.63) is 18.5 Å². The third-order valence-electron chi connectivity index (χ3n) is 3.47. The Kier molecular flexibility index (Phi) is 9.33. The van der Waals surface area contributed by atoms with Gasteiger partial charge in [0.15, 0.2) is 5.96 Å². The Labute approximate surface area is 129 Å². The lowest BCUT2D eigenvalue weighted by Gasteiger charge is -2.10. The summed E-state index contributed by atoms with van der Waals surface area (Å²) in [5, 5.41) is 7.39. The Hall–Kier alpha value is -1.52. The molecule has 0 aliphatic heterocycles. The van der Waals surface area contributed by atoms with Gasteiger partial charge >= 0.3 is 0 Å². The largest absolute Gasteiger partial charge is 0.370 e. The molecule has 0 saturated carbocycles. The van der Waals surface area contributed by atoms with Crippen molar-refractivity contribution in [1.82, 2.24) is 15.1 Å². The van der Waals surface area contributed by atoms with Crippen LogP contribution in [0.1, 0.15) is 52.4 Å². The number of unbranched alkanes of at least 4 members (excludes halogenated alkanes) is 5. The van der Waals surface area contributed by atoms with Crippen molar-refractivity contribution in [2.45, 2.75) is 58.9 Å². The summed E-state index contributed by atoms with van der Waals surface area (Å²) >= 11 is 0. The number of aromatic nitrogens is 2. The zero-order valence-corrected chi connectivity index (χ0v) is 13.6. The standard InChI is InChI=1S/C16H31N5/c1-3-4-5-6-7-8-10-18-16(17)19-13-15(2)14-21-12-9-11-20-21/h9,11-12,15H,3-8,10,13-14H2,1-2H3,(H3,17,18,19). The number of nitrogens with two attached hydrogens (primary N) is 1. The highest BCUT2D eigenvalue weighted by Gasteiger charge is 2.02. The van der Waals surface area contributed by atoms with Crippen molar-refractivity contribution >= 4 is 5.96 Å². The molecule has 120 valence electrons. The van der Waals surface area contributed by atoms with Gasteiger partial charge in [-0.3, -0.25) is 9.67 Å². The Morgan fingerprint density at radius 1 is 1.29 bits per heavy atom. The van der Waals surface area contributed by atoms with Gasteiger partial charge in [0, 0.05) is 32.0 Å². The van der Waals surface area contributed by atoms with Crippen molar-refractivity contribution in [1.29, 1.82) is 0 Å². The summed E-state index contributed by atoms with van der Waals surface area (Å²) in [5.74, 6) is 0.996. The number of hydrogen-bond acceptors (Lipinski definition) is 2. The maximum atomic E-state index is 5.87. The van der Waals surface area contributed by atoms with E-state index in [0.29, 0.717) is 11.9 Å². The Morgan fingerprint density at radius 2 is 2.05 bits per heavy atom. The Balaban J connectivity index is 2.04. The van der Waals surface area contributed by atoms with Crippen LogP contribution in [0, 0.1) is 5.92 Å². The fraction of sp³-hybridized carbons (Fsp3) is 0.750. The molecule has 1 aromatic rings. The summed E-state index contributed by atoms with van der Waals surface area (Å²) in [7, 11) is 0. The first-order chi connectivity index (χ1) is 10.2. The number of nitrogens with zero attached hydrogens (tertiary/aromatic N) is 3. The zero-order valence-electron chi connectivity index (χ0n) is 13.6. The Bertz CT molecular complexity index is 372. The second-order valence-electron chi connectivity index (χ2n) is 5.75. The number of nitrogens with one attached hydrogen (secondary N) is 1. The Morgan fingerprint density at radius 3 is 2.76 bits per heavy atom. The first kappa shape index (κ1) is 17.5. The second kappa shape index (κ2) is 11.2. The van der Waals surface area contributed by atoms with Crippen LogP contribution in [0.5, 0.6) is 0 Å². The van der Waals surface area contributed by atoms with E-state index in [2.05, 4.69) is 29.3 Å². The molecule has 21 heavy (non-hydrogen) atoms. The van der Waals surface area contributed by atoms with E-state index in [1.165, 1.54) is 38.5 Å². The van der Waals surface area contributed by atoms with E-state index in [1.54, 1.807) is 6.20 Å². The van der Waals surface area contributed by atoms with E-state index in [4.69, 9.17) is 5.73 Å². The van der Waals surface area contributed by atoms with Crippen LogP contribution in [-0.2, 0) is 6.54 Å². The average molecular weight is 293 g/mol. The van der Waals surface area contributed by atoms with Crippen LogP contribution in [0.25, 0.3) is 0 Å². The van der Waals surface area contributed by atoms with Gasteiger partial charge in [-0.05, 0) is 18.4 Å². The fourth-order valence-electron chi connectivity index (χ4n) is 2.22. The molecule has 0 radical (unpaired) electrons. The highest BCUT2D eigenvalue weighted by atomic mass is 15.3. The molecule has 0 bridgehead atoms. The molecule has 0 aliphatic carbocycles. The fourth-order valence-corrected chi connectivity index (χ4v) is 2.22. The predicted octanol–water partition coefficient (Wildman–Crippen LogP) is 2.78. The molecular formula is C16H31N5. The van der Waals surface area contributed by atoms with Gasteiger partial charge in [0.05, 0.1) is 0 Å². The summed E-state index contributed by atoms with van der Waals surface area (Å²) < 4.78 is 1.93. The second-order valence-corrected chi connectivity index (χ2v) is 5.75. The molecule has 0 spiro atoms. The molecule has 0 amide bonds. The lowest BCUT2D eigenvalue weighted by molar-refractivity contribution is 0.458. The molecule has 0 aliphatic rings. The number of guanidine groups is 1. The maximum Gasteiger partial charge on any atom is 0.188 e. The molecule has 1 aromatic heterocycles. The van der Waals surface area contributed by atoms with Crippen LogP contribution in [0.15, 0.2) is 23.5 Å². The minimum atomic E-state index is 0.430. The molecular weight excluding hydrogens is 262 g/mol. The molecule has 5 nitrogen and oxygen atoms in total. The molecule has 0 aromatic carbocycles. The molecule has 1 rings (SSSR count). The molecule has 1 atom stereocenters.